The maximum atomic E-state index is 6.39. The van der Waals surface area contributed by atoms with E-state index in [1.54, 1.807) is 0 Å². The Balaban J connectivity index is 0.00000353. The van der Waals surface area contributed by atoms with E-state index in [1.807, 2.05) is 62.1 Å². The molecule has 0 saturated heterocycles. The van der Waals surface area contributed by atoms with Crippen LogP contribution >= 0.6 is 0 Å². The number of pyridine rings is 2. The summed E-state index contributed by atoms with van der Waals surface area (Å²) in [6, 6.07) is 19.1. The van der Waals surface area contributed by atoms with Gasteiger partial charge in [-0.3, -0.25) is 14.6 Å². The van der Waals surface area contributed by atoms with E-state index in [1.165, 1.54) is 5.56 Å². The summed E-state index contributed by atoms with van der Waals surface area (Å²) in [7, 11) is 0. The molecule has 5 aromatic rings. The van der Waals surface area contributed by atoms with E-state index >= 15 is 0 Å². The van der Waals surface area contributed by atoms with Gasteiger partial charge in [0, 0.05) is 51.5 Å². The summed E-state index contributed by atoms with van der Waals surface area (Å²) in [5, 5.41) is 4.59. The van der Waals surface area contributed by atoms with E-state index in [2.05, 4.69) is 75.3 Å². The van der Waals surface area contributed by atoms with E-state index in [0.29, 0.717) is 11.5 Å². The van der Waals surface area contributed by atoms with Crippen molar-refractivity contribution in [2.45, 2.75) is 73.1 Å². The van der Waals surface area contributed by atoms with Crippen LogP contribution in [0.1, 0.15) is 74.2 Å². The molecule has 204 valence electrons. The molecule has 0 aliphatic heterocycles. The minimum Gasteiger partial charge on any atom is -0.508 e. The van der Waals surface area contributed by atoms with Crippen molar-refractivity contribution in [2.75, 3.05) is 0 Å². The molecule has 0 spiro atoms. The Hall–Kier alpha value is -3.24. The molecule has 7 heteroatoms. The zero-order valence-corrected chi connectivity index (χ0v) is 26.4. The second-order valence-corrected chi connectivity index (χ2v) is 11.6. The Morgan fingerprint density at radius 2 is 1.64 bits per heavy atom. The molecule has 0 unspecified atom stereocenters. The van der Waals surface area contributed by atoms with E-state index in [-0.39, 0.29) is 26.5 Å². The molecule has 39 heavy (non-hydrogen) atoms. The Morgan fingerprint density at radius 1 is 0.897 bits per heavy atom. The molecule has 0 aliphatic rings. The second kappa shape index (κ2) is 10.4. The first-order chi connectivity index (χ1) is 17.8. The number of fused-ring (bicyclic) bond motifs is 1. The van der Waals surface area contributed by atoms with Crippen LogP contribution in [0.2, 0.25) is 0 Å². The molecule has 5 rings (SSSR count). The largest absolute Gasteiger partial charge is 2.00 e. The Labute approximate surface area is 245 Å². The summed E-state index contributed by atoms with van der Waals surface area (Å²) in [4.78, 5) is 9.71. The summed E-state index contributed by atoms with van der Waals surface area (Å²) in [5.41, 5.74) is 8.42. The zero-order chi connectivity index (χ0) is 27.4. The Bertz CT molecular complexity index is 1660. The van der Waals surface area contributed by atoms with Gasteiger partial charge in [-0.15, -0.1) is 29.8 Å². The van der Waals surface area contributed by atoms with E-state index in [0.717, 1.165) is 45.4 Å². The standard InChI is InChI=1S/C32H35N5O.Pt/c1-20-15-21(2)37(35-20)25-11-10-12-26(17-25)38-27-18-28(30-34-22(3)23(4)36(30)19-27)32(8,9)29-16-24(13-14-33-29)31(5,6)7;/h10-16,19H,1-9H3;/q-2;+2. The van der Waals surface area contributed by atoms with Crippen molar-refractivity contribution in [3.8, 4) is 17.2 Å². The average molecular weight is 701 g/mol. The van der Waals surface area contributed by atoms with Crippen molar-refractivity contribution < 1.29 is 25.8 Å². The first kappa shape index (κ1) is 28.8. The van der Waals surface area contributed by atoms with E-state index < -0.39 is 5.41 Å². The molecular weight excluding hydrogens is 665 g/mol. The van der Waals surface area contributed by atoms with Crippen molar-refractivity contribution in [3.05, 3.63) is 101 Å². The van der Waals surface area contributed by atoms with Crippen LogP contribution in [0.25, 0.3) is 11.3 Å². The molecule has 6 nitrogen and oxygen atoms in total. The van der Waals surface area contributed by atoms with Gasteiger partial charge in [-0.25, -0.2) is 0 Å². The first-order valence-electron chi connectivity index (χ1n) is 13.0. The predicted octanol–water partition coefficient (Wildman–Crippen LogP) is 7.16. The third kappa shape index (κ3) is 5.45. The molecule has 1 aromatic carbocycles. The molecule has 0 amide bonds. The molecule has 0 saturated carbocycles. The number of ether oxygens (including phenoxy) is 1. The fourth-order valence-electron chi connectivity index (χ4n) is 4.75. The van der Waals surface area contributed by atoms with Gasteiger partial charge in [-0.1, -0.05) is 40.8 Å². The molecule has 4 aromatic heterocycles. The van der Waals surface area contributed by atoms with Gasteiger partial charge < -0.3 is 9.14 Å². The van der Waals surface area contributed by atoms with E-state index in [9.17, 15) is 0 Å². The van der Waals surface area contributed by atoms with Gasteiger partial charge in [-0.05, 0) is 62.6 Å². The summed E-state index contributed by atoms with van der Waals surface area (Å²) < 4.78 is 10.4. The summed E-state index contributed by atoms with van der Waals surface area (Å²) in [6.07, 6.45) is 3.85. The molecule has 0 fully saturated rings. The minimum atomic E-state index is -0.471. The van der Waals surface area contributed by atoms with Gasteiger partial charge in [-0.2, -0.15) is 11.2 Å². The van der Waals surface area contributed by atoms with Crippen molar-refractivity contribution in [1.82, 2.24) is 24.1 Å². The van der Waals surface area contributed by atoms with Crippen LogP contribution in [-0.4, -0.2) is 24.1 Å². The Morgan fingerprint density at radius 3 is 2.31 bits per heavy atom. The number of nitrogens with zero attached hydrogens (tertiary/aromatic N) is 5. The van der Waals surface area contributed by atoms with Crippen LogP contribution in [0.3, 0.4) is 0 Å². The van der Waals surface area contributed by atoms with Gasteiger partial charge in [0.05, 0.1) is 5.69 Å². The number of rotatable bonds is 5. The van der Waals surface area contributed by atoms with Gasteiger partial charge in [0.15, 0.2) is 0 Å². The van der Waals surface area contributed by atoms with Crippen molar-refractivity contribution in [1.29, 1.82) is 0 Å². The number of aromatic nitrogens is 5. The fraction of sp³-hybridized carbons (Fsp3) is 0.344. The molecule has 0 radical (unpaired) electrons. The van der Waals surface area contributed by atoms with Gasteiger partial charge in [0.2, 0.25) is 0 Å². The second-order valence-electron chi connectivity index (χ2n) is 11.6. The maximum absolute atomic E-state index is 6.39. The normalized spacial score (nSPS) is 12.0. The average Bonchev–Trinajstić information content (AvgIpc) is 3.35. The smallest absolute Gasteiger partial charge is 0.508 e. The van der Waals surface area contributed by atoms with Crippen LogP contribution in [0, 0.1) is 39.8 Å². The van der Waals surface area contributed by atoms with Crippen LogP contribution < -0.4 is 4.74 Å². The SMILES string of the molecule is Cc1cc(C)n(-c2[c-]c(Oc3[c-]c(C(C)(C)c4cc(C(C)(C)C)ccn4)c4nc(C)c(C)n4c3)ccc2)n1.[Pt+2]. The molecule has 0 N–H and O–H groups in total. The van der Waals surface area contributed by atoms with Crippen molar-refractivity contribution >= 4 is 5.65 Å². The third-order valence-corrected chi connectivity index (χ3v) is 7.21. The van der Waals surface area contributed by atoms with Gasteiger partial charge in [0.1, 0.15) is 0 Å². The number of imidazole rings is 1. The molecular formula is C32H35N5OPt. The molecule has 0 bridgehead atoms. The van der Waals surface area contributed by atoms with Gasteiger partial charge >= 0.3 is 21.1 Å². The van der Waals surface area contributed by atoms with Crippen LogP contribution in [0.4, 0.5) is 0 Å². The number of hydrogen-bond donors (Lipinski definition) is 0. The monoisotopic (exact) mass is 700 g/mol. The molecule has 4 heterocycles. The topological polar surface area (TPSA) is 57.2 Å². The quantitative estimate of drug-likeness (QED) is 0.183. The number of aryl methyl sites for hydroxylation is 4. The molecule has 0 atom stereocenters. The zero-order valence-electron chi connectivity index (χ0n) is 24.1. The molecule has 0 aliphatic carbocycles. The predicted molar refractivity (Wildman–Crippen MR) is 151 cm³/mol. The summed E-state index contributed by atoms with van der Waals surface area (Å²) >= 11 is 0. The number of benzene rings is 1. The third-order valence-electron chi connectivity index (χ3n) is 7.21. The van der Waals surface area contributed by atoms with Crippen molar-refractivity contribution in [3.63, 3.8) is 0 Å². The summed E-state index contributed by atoms with van der Waals surface area (Å²) in [5.74, 6) is 1.19. The van der Waals surface area contributed by atoms with Crippen molar-refractivity contribution in [2.24, 2.45) is 0 Å². The van der Waals surface area contributed by atoms with E-state index in [4.69, 9.17) is 14.7 Å². The maximum Gasteiger partial charge on any atom is 2.00 e. The summed E-state index contributed by atoms with van der Waals surface area (Å²) in [6.45, 7) is 19.1. The van der Waals surface area contributed by atoms with Crippen LogP contribution in [0.15, 0.2) is 48.8 Å². The minimum absolute atomic E-state index is 0. The van der Waals surface area contributed by atoms with Crippen LogP contribution in [-0.2, 0) is 31.9 Å². The fourth-order valence-corrected chi connectivity index (χ4v) is 4.75. The van der Waals surface area contributed by atoms with Gasteiger partial charge in [0.25, 0.3) is 0 Å². The Kier molecular flexibility index (Phi) is 7.66. The number of hydrogen-bond acceptors (Lipinski definition) is 4. The van der Waals surface area contributed by atoms with Crippen LogP contribution in [0.5, 0.6) is 11.5 Å². The first-order valence-corrected chi connectivity index (χ1v) is 13.0.